The fourth-order valence-electron chi connectivity index (χ4n) is 2.87. The summed E-state index contributed by atoms with van der Waals surface area (Å²) in [5.74, 6) is -0.510. The molecular formula is C20H20ClNO5. The molecule has 1 amide bonds. The maximum atomic E-state index is 12.7. The highest BCUT2D eigenvalue weighted by molar-refractivity contribution is 6.30. The zero-order chi connectivity index (χ0) is 19.2. The monoisotopic (exact) mass is 389 g/mol. The molecule has 7 heteroatoms. The molecule has 1 N–H and O–H groups in total. The zero-order valence-electron chi connectivity index (χ0n) is 14.6. The summed E-state index contributed by atoms with van der Waals surface area (Å²) in [6, 6.07) is 14.3. The van der Waals surface area contributed by atoms with E-state index in [4.69, 9.17) is 26.2 Å². The van der Waals surface area contributed by atoms with Gasteiger partial charge in [-0.15, -0.1) is 0 Å². The van der Waals surface area contributed by atoms with E-state index in [1.807, 2.05) is 12.1 Å². The third-order valence-corrected chi connectivity index (χ3v) is 4.48. The number of rotatable bonds is 6. The van der Waals surface area contributed by atoms with Crippen molar-refractivity contribution in [2.75, 3.05) is 19.7 Å². The van der Waals surface area contributed by atoms with Crippen molar-refractivity contribution < 1.29 is 24.2 Å². The van der Waals surface area contributed by atoms with Crippen LogP contribution in [-0.2, 0) is 16.1 Å². The molecule has 2 aromatic carbocycles. The molecule has 0 saturated carbocycles. The van der Waals surface area contributed by atoms with Gasteiger partial charge in [0.15, 0.2) is 0 Å². The van der Waals surface area contributed by atoms with E-state index in [0.29, 0.717) is 36.1 Å². The van der Waals surface area contributed by atoms with Crippen LogP contribution in [0.4, 0.5) is 0 Å². The molecule has 1 heterocycles. The lowest BCUT2D eigenvalue weighted by molar-refractivity contribution is -0.141. The number of morpholine rings is 1. The molecule has 3 rings (SSSR count). The van der Waals surface area contributed by atoms with Gasteiger partial charge in [-0.05, 0) is 35.9 Å². The van der Waals surface area contributed by atoms with Gasteiger partial charge in [0, 0.05) is 23.7 Å². The average Bonchev–Trinajstić information content (AvgIpc) is 2.67. The number of nitrogens with zero attached hydrogens (tertiary/aromatic N) is 1. The largest absolute Gasteiger partial charge is 0.489 e. The Balaban J connectivity index is 1.62. The molecule has 0 aromatic heterocycles. The summed E-state index contributed by atoms with van der Waals surface area (Å²) in [7, 11) is 0. The second-order valence-electron chi connectivity index (χ2n) is 6.28. The Bertz CT molecular complexity index is 808. The Morgan fingerprint density at radius 1 is 1.22 bits per heavy atom. The van der Waals surface area contributed by atoms with Crippen molar-refractivity contribution in [3.63, 3.8) is 0 Å². The van der Waals surface area contributed by atoms with Gasteiger partial charge in [0.2, 0.25) is 0 Å². The molecular weight excluding hydrogens is 370 g/mol. The van der Waals surface area contributed by atoms with E-state index < -0.39 is 12.1 Å². The van der Waals surface area contributed by atoms with Crippen molar-refractivity contribution >= 4 is 23.5 Å². The first-order valence-electron chi connectivity index (χ1n) is 8.61. The highest BCUT2D eigenvalue weighted by Crippen LogP contribution is 2.19. The van der Waals surface area contributed by atoms with Gasteiger partial charge in [-0.2, -0.15) is 0 Å². The molecule has 27 heavy (non-hydrogen) atoms. The SMILES string of the molecule is O=C(O)CC1CN(C(=O)c2cccc(OCc3ccc(Cl)cc3)c2)CCO1. The number of carboxylic acid groups (broad SMARTS) is 1. The number of aliphatic carboxylic acids is 1. The molecule has 142 valence electrons. The van der Waals surface area contributed by atoms with E-state index in [0.717, 1.165) is 5.56 Å². The van der Waals surface area contributed by atoms with Gasteiger partial charge >= 0.3 is 5.97 Å². The van der Waals surface area contributed by atoms with Crippen molar-refractivity contribution in [2.24, 2.45) is 0 Å². The van der Waals surface area contributed by atoms with Gasteiger partial charge in [0.05, 0.1) is 19.1 Å². The van der Waals surface area contributed by atoms with E-state index in [9.17, 15) is 9.59 Å². The van der Waals surface area contributed by atoms with Crippen LogP contribution < -0.4 is 4.74 Å². The first kappa shape index (κ1) is 19.2. The standard InChI is InChI=1S/C20H20ClNO5/c21-16-6-4-14(5-7-16)13-27-17-3-1-2-15(10-17)20(25)22-8-9-26-18(12-22)11-19(23)24/h1-7,10,18H,8-9,11-13H2,(H,23,24). The van der Waals surface area contributed by atoms with Crippen molar-refractivity contribution in [1.29, 1.82) is 0 Å². The Morgan fingerprint density at radius 3 is 2.74 bits per heavy atom. The smallest absolute Gasteiger partial charge is 0.306 e. The molecule has 0 aliphatic carbocycles. The van der Waals surface area contributed by atoms with Crippen LogP contribution in [0.1, 0.15) is 22.3 Å². The second-order valence-corrected chi connectivity index (χ2v) is 6.72. The number of hydrogen-bond acceptors (Lipinski definition) is 4. The van der Waals surface area contributed by atoms with Crippen LogP contribution in [-0.4, -0.2) is 47.7 Å². The molecule has 1 fully saturated rings. The summed E-state index contributed by atoms with van der Waals surface area (Å²) >= 11 is 5.87. The number of carbonyl (C=O) groups is 2. The van der Waals surface area contributed by atoms with E-state index in [1.54, 1.807) is 41.3 Å². The van der Waals surface area contributed by atoms with Gasteiger partial charge in [0.1, 0.15) is 12.4 Å². The van der Waals surface area contributed by atoms with Crippen LogP contribution in [0.3, 0.4) is 0 Å². The highest BCUT2D eigenvalue weighted by Gasteiger charge is 2.26. The number of amides is 1. The van der Waals surface area contributed by atoms with E-state index >= 15 is 0 Å². The van der Waals surface area contributed by atoms with Crippen LogP contribution in [0.25, 0.3) is 0 Å². The quantitative estimate of drug-likeness (QED) is 0.820. The maximum absolute atomic E-state index is 12.7. The Morgan fingerprint density at radius 2 is 2.00 bits per heavy atom. The van der Waals surface area contributed by atoms with Gasteiger partial charge in [-0.3, -0.25) is 9.59 Å². The number of ether oxygens (including phenoxy) is 2. The summed E-state index contributed by atoms with van der Waals surface area (Å²) in [5, 5.41) is 9.57. The van der Waals surface area contributed by atoms with Gasteiger partial charge in [-0.25, -0.2) is 0 Å². The van der Waals surface area contributed by atoms with E-state index in [1.165, 1.54) is 0 Å². The lowest BCUT2D eigenvalue weighted by atomic mass is 10.1. The fraction of sp³-hybridized carbons (Fsp3) is 0.300. The fourth-order valence-corrected chi connectivity index (χ4v) is 3.00. The van der Waals surface area contributed by atoms with E-state index in [-0.39, 0.29) is 18.9 Å². The van der Waals surface area contributed by atoms with Crippen molar-refractivity contribution in [3.05, 3.63) is 64.7 Å². The topological polar surface area (TPSA) is 76.1 Å². The number of hydrogen-bond donors (Lipinski definition) is 1. The summed E-state index contributed by atoms with van der Waals surface area (Å²) in [6.45, 7) is 1.40. The van der Waals surface area contributed by atoms with Gasteiger partial charge in [-0.1, -0.05) is 29.8 Å². The number of halogens is 1. The maximum Gasteiger partial charge on any atom is 0.306 e. The minimum Gasteiger partial charge on any atom is -0.489 e. The van der Waals surface area contributed by atoms with Crippen LogP contribution in [0.5, 0.6) is 5.75 Å². The normalized spacial score (nSPS) is 16.8. The average molecular weight is 390 g/mol. The lowest BCUT2D eigenvalue weighted by Crippen LogP contribution is -2.46. The lowest BCUT2D eigenvalue weighted by Gasteiger charge is -2.32. The Hall–Kier alpha value is -2.57. The van der Waals surface area contributed by atoms with Crippen LogP contribution >= 0.6 is 11.6 Å². The summed E-state index contributed by atoms with van der Waals surface area (Å²) in [6.07, 6.45) is -0.599. The predicted molar refractivity (Wildman–Crippen MR) is 100 cm³/mol. The summed E-state index contributed by atoms with van der Waals surface area (Å²) < 4.78 is 11.2. The molecule has 0 radical (unpaired) electrons. The third kappa shape index (κ3) is 5.45. The van der Waals surface area contributed by atoms with Gasteiger partial charge < -0.3 is 19.5 Å². The first-order valence-corrected chi connectivity index (χ1v) is 8.99. The first-order chi connectivity index (χ1) is 13.0. The van der Waals surface area contributed by atoms with Crippen molar-refractivity contribution in [3.8, 4) is 5.75 Å². The third-order valence-electron chi connectivity index (χ3n) is 4.23. The molecule has 1 aliphatic heterocycles. The molecule has 1 atom stereocenters. The Kier molecular flexibility index (Phi) is 6.32. The number of benzene rings is 2. The van der Waals surface area contributed by atoms with Crippen LogP contribution in [0, 0.1) is 0 Å². The zero-order valence-corrected chi connectivity index (χ0v) is 15.4. The molecule has 1 unspecified atom stereocenters. The minimum absolute atomic E-state index is 0.117. The number of carbonyl (C=O) groups excluding carboxylic acids is 1. The van der Waals surface area contributed by atoms with Crippen molar-refractivity contribution in [1.82, 2.24) is 4.90 Å². The Labute approximate surface area is 162 Å². The van der Waals surface area contributed by atoms with E-state index in [2.05, 4.69) is 0 Å². The van der Waals surface area contributed by atoms with Gasteiger partial charge in [0.25, 0.3) is 5.91 Å². The van der Waals surface area contributed by atoms with Crippen LogP contribution in [0.15, 0.2) is 48.5 Å². The molecule has 1 aliphatic rings. The molecule has 6 nitrogen and oxygen atoms in total. The molecule has 0 bridgehead atoms. The molecule has 2 aromatic rings. The minimum atomic E-state index is -0.938. The summed E-state index contributed by atoms with van der Waals surface area (Å²) in [4.78, 5) is 25.2. The summed E-state index contributed by atoms with van der Waals surface area (Å²) in [5.41, 5.74) is 1.47. The van der Waals surface area contributed by atoms with Crippen LogP contribution in [0.2, 0.25) is 5.02 Å². The number of carboxylic acids is 1. The highest BCUT2D eigenvalue weighted by atomic mass is 35.5. The molecule has 1 saturated heterocycles. The second kappa shape index (κ2) is 8.88. The molecule has 0 spiro atoms. The van der Waals surface area contributed by atoms with Crippen molar-refractivity contribution in [2.45, 2.75) is 19.1 Å². The predicted octanol–water partition coefficient (Wildman–Crippen LogP) is 3.23.